The van der Waals surface area contributed by atoms with Gasteiger partial charge in [0.25, 0.3) is 0 Å². The van der Waals surface area contributed by atoms with Crippen LogP contribution in [0.5, 0.6) is 0 Å². The molecule has 3 aromatic rings. The lowest BCUT2D eigenvalue weighted by atomic mass is 10.0. The number of rotatable bonds is 5. The van der Waals surface area contributed by atoms with Crippen LogP contribution in [-0.2, 0) is 6.54 Å². The van der Waals surface area contributed by atoms with E-state index in [0.29, 0.717) is 27.2 Å². The maximum Gasteiger partial charge on any atom is 0.353 e. The van der Waals surface area contributed by atoms with Gasteiger partial charge in [0.1, 0.15) is 5.69 Å². The number of aromatic carboxylic acids is 1. The molecule has 1 aromatic carbocycles. The van der Waals surface area contributed by atoms with E-state index in [1.807, 2.05) is 0 Å². The van der Waals surface area contributed by atoms with Crippen LogP contribution in [-0.4, -0.2) is 43.6 Å². The summed E-state index contributed by atoms with van der Waals surface area (Å²) in [7, 11) is 0. The summed E-state index contributed by atoms with van der Waals surface area (Å²) in [6.07, 6.45) is 0.511. The number of aliphatic hydroxyl groups is 2. The Hall–Kier alpha value is -2.41. The van der Waals surface area contributed by atoms with E-state index in [-0.39, 0.29) is 12.2 Å². The minimum Gasteiger partial charge on any atom is -0.477 e. The van der Waals surface area contributed by atoms with Crippen LogP contribution in [0.3, 0.4) is 0 Å². The number of hydrogen-bond donors (Lipinski definition) is 3. The second kappa shape index (κ2) is 6.60. The summed E-state index contributed by atoms with van der Waals surface area (Å²) in [5.74, 6) is -1.14. The Labute approximate surface area is 142 Å². The number of halogens is 1. The fraction of sp³-hybridized carbons (Fsp3) is 0.176. The van der Waals surface area contributed by atoms with E-state index in [0.717, 1.165) is 0 Å². The lowest BCUT2D eigenvalue weighted by molar-refractivity contribution is 0.0659. The summed E-state index contributed by atoms with van der Waals surface area (Å²) in [4.78, 5) is 16.2. The molecule has 24 heavy (non-hydrogen) atoms. The standard InChI is InChI=1S/C17H15ClN2O4/c18-11-5-3-10(4-6-11)14-15-13(2-1-7-19-15)20(8-12(22)9-21)16(14)17(23)24/h1-7,12,21-22H,8-9H2,(H,23,24). The molecule has 0 radical (unpaired) electrons. The molecule has 124 valence electrons. The van der Waals surface area contributed by atoms with E-state index < -0.39 is 18.7 Å². The van der Waals surface area contributed by atoms with Crippen LogP contribution < -0.4 is 0 Å². The number of carboxylic acid groups (broad SMARTS) is 1. The number of aromatic nitrogens is 2. The molecule has 0 aliphatic rings. The van der Waals surface area contributed by atoms with Crippen LogP contribution in [0.15, 0.2) is 42.6 Å². The zero-order valence-electron chi connectivity index (χ0n) is 12.6. The number of aliphatic hydroxyl groups excluding tert-OH is 2. The molecule has 1 unspecified atom stereocenters. The van der Waals surface area contributed by atoms with Crippen molar-refractivity contribution in [2.75, 3.05) is 6.61 Å². The smallest absolute Gasteiger partial charge is 0.353 e. The molecule has 3 rings (SSSR count). The maximum absolute atomic E-state index is 11.9. The van der Waals surface area contributed by atoms with Crippen LogP contribution in [0.1, 0.15) is 10.5 Å². The number of benzene rings is 1. The molecule has 0 aliphatic heterocycles. The normalized spacial score (nSPS) is 12.5. The van der Waals surface area contributed by atoms with Crippen LogP contribution in [0.4, 0.5) is 0 Å². The first-order chi connectivity index (χ1) is 11.5. The van der Waals surface area contributed by atoms with Gasteiger partial charge in [-0.2, -0.15) is 0 Å². The highest BCUT2D eigenvalue weighted by Crippen LogP contribution is 2.34. The van der Waals surface area contributed by atoms with Gasteiger partial charge in [-0.25, -0.2) is 4.79 Å². The van der Waals surface area contributed by atoms with Gasteiger partial charge in [0.2, 0.25) is 0 Å². The number of carbonyl (C=O) groups is 1. The monoisotopic (exact) mass is 346 g/mol. The Bertz CT molecular complexity index is 889. The predicted molar refractivity (Wildman–Crippen MR) is 90.2 cm³/mol. The van der Waals surface area contributed by atoms with E-state index in [4.69, 9.17) is 16.7 Å². The summed E-state index contributed by atoms with van der Waals surface area (Å²) in [6, 6.07) is 10.2. The fourth-order valence-electron chi connectivity index (χ4n) is 2.75. The minimum atomic E-state index is -1.14. The van der Waals surface area contributed by atoms with E-state index in [9.17, 15) is 15.0 Å². The molecule has 0 amide bonds. The van der Waals surface area contributed by atoms with Gasteiger partial charge < -0.3 is 19.9 Å². The van der Waals surface area contributed by atoms with E-state index in [1.165, 1.54) is 4.57 Å². The van der Waals surface area contributed by atoms with Gasteiger partial charge in [0, 0.05) is 16.8 Å². The Morgan fingerprint density at radius 2 is 1.96 bits per heavy atom. The van der Waals surface area contributed by atoms with Crippen LogP contribution in [0, 0.1) is 0 Å². The second-order valence-corrected chi connectivity index (χ2v) is 5.79. The molecule has 0 saturated carbocycles. The molecular formula is C17H15ClN2O4. The van der Waals surface area contributed by atoms with Crippen molar-refractivity contribution in [3.05, 3.63) is 53.3 Å². The number of carboxylic acids is 1. The van der Waals surface area contributed by atoms with Gasteiger partial charge in [-0.15, -0.1) is 0 Å². The zero-order valence-corrected chi connectivity index (χ0v) is 13.3. The summed E-state index contributed by atoms with van der Waals surface area (Å²) in [5.41, 5.74) is 2.23. The largest absolute Gasteiger partial charge is 0.477 e. The summed E-state index contributed by atoms with van der Waals surface area (Å²) < 4.78 is 1.47. The van der Waals surface area contributed by atoms with Crippen molar-refractivity contribution in [1.82, 2.24) is 9.55 Å². The first kappa shape index (κ1) is 16.4. The van der Waals surface area contributed by atoms with Crippen molar-refractivity contribution in [2.24, 2.45) is 0 Å². The Morgan fingerprint density at radius 3 is 2.58 bits per heavy atom. The minimum absolute atomic E-state index is 0.0125. The Kier molecular flexibility index (Phi) is 4.53. The van der Waals surface area contributed by atoms with Gasteiger partial charge in [0.05, 0.1) is 30.3 Å². The first-order valence-corrected chi connectivity index (χ1v) is 7.66. The molecule has 0 aliphatic carbocycles. The third kappa shape index (κ3) is 2.87. The topological polar surface area (TPSA) is 95.6 Å². The van der Waals surface area contributed by atoms with E-state index in [1.54, 1.807) is 42.6 Å². The van der Waals surface area contributed by atoms with Crippen LogP contribution in [0.2, 0.25) is 5.02 Å². The molecule has 2 aromatic heterocycles. The molecular weight excluding hydrogens is 332 g/mol. The number of fused-ring (bicyclic) bond motifs is 1. The maximum atomic E-state index is 11.9. The lowest BCUT2D eigenvalue weighted by Gasteiger charge is -2.12. The highest BCUT2D eigenvalue weighted by molar-refractivity contribution is 6.30. The van der Waals surface area contributed by atoms with Crippen molar-refractivity contribution >= 4 is 28.6 Å². The second-order valence-electron chi connectivity index (χ2n) is 5.35. The number of hydrogen-bond acceptors (Lipinski definition) is 4. The Morgan fingerprint density at radius 1 is 1.25 bits per heavy atom. The SMILES string of the molecule is O=C(O)c1c(-c2ccc(Cl)cc2)c2ncccc2n1CC(O)CO. The van der Waals surface area contributed by atoms with Gasteiger partial charge in [0.15, 0.2) is 0 Å². The first-order valence-electron chi connectivity index (χ1n) is 7.28. The molecule has 7 heteroatoms. The van der Waals surface area contributed by atoms with Crippen LogP contribution >= 0.6 is 11.6 Å². The van der Waals surface area contributed by atoms with Gasteiger partial charge >= 0.3 is 5.97 Å². The van der Waals surface area contributed by atoms with Crippen molar-refractivity contribution in [1.29, 1.82) is 0 Å². The fourth-order valence-corrected chi connectivity index (χ4v) is 2.87. The molecule has 6 nitrogen and oxygen atoms in total. The summed E-state index contributed by atoms with van der Waals surface area (Å²) in [6.45, 7) is -0.511. The number of pyridine rings is 1. The van der Waals surface area contributed by atoms with E-state index in [2.05, 4.69) is 4.98 Å². The molecule has 0 spiro atoms. The van der Waals surface area contributed by atoms with Crippen molar-refractivity contribution in [3.63, 3.8) is 0 Å². The average molecular weight is 347 g/mol. The third-order valence-electron chi connectivity index (χ3n) is 3.76. The van der Waals surface area contributed by atoms with Gasteiger partial charge in [-0.3, -0.25) is 4.98 Å². The van der Waals surface area contributed by atoms with Crippen molar-refractivity contribution in [2.45, 2.75) is 12.6 Å². The predicted octanol–water partition coefficient (Wildman–Crippen LogP) is 2.41. The summed E-state index contributed by atoms with van der Waals surface area (Å²) >= 11 is 5.91. The van der Waals surface area contributed by atoms with Crippen LogP contribution in [0.25, 0.3) is 22.2 Å². The van der Waals surface area contributed by atoms with Crippen molar-refractivity contribution in [3.8, 4) is 11.1 Å². The van der Waals surface area contributed by atoms with Crippen molar-refractivity contribution < 1.29 is 20.1 Å². The average Bonchev–Trinajstić information content (AvgIpc) is 2.90. The van der Waals surface area contributed by atoms with E-state index >= 15 is 0 Å². The molecule has 0 fully saturated rings. The highest BCUT2D eigenvalue weighted by atomic mass is 35.5. The number of nitrogens with zero attached hydrogens (tertiary/aromatic N) is 2. The highest BCUT2D eigenvalue weighted by Gasteiger charge is 2.25. The molecule has 1 atom stereocenters. The molecule has 2 heterocycles. The molecule has 0 saturated heterocycles. The zero-order chi connectivity index (χ0) is 17.3. The lowest BCUT2D eigenvalue weighted by Crippen LogP contribution is -2.22. The third-order valence-corrected chi connectivity index (χ3v) is 4.01. The van der Waals surface area contributed by atoms with Gasteiger partial charge in [-0.1, -0.05) is 23.7 Å². The molecule has 3 N–H and O–H groups in total. The van der Waals surface area contributed by atoms with Gasteiger partial charge in [-0.05, 0) is 29.8 Å². The summed E-state index contributed by atoms with van der Waals surface area (Å²) in [5, 5.41) is 29.2. The molecule has 0 bridgehead atoms. The quantitative estimate of drug-likeness (QED) is 0.659. The Balaban J connectivity index is 2.33.